The molecule has 0 spiro atoms. The zero-order valence-corrected chi connectivity index (χ0v) is 20.6. The molecule has 0 heterocycles. The lowest BCUT2D eigenvalue weighted by Crippen LogP contribution is -2.32. The van der Waals surface area contributed by atoms with Crippen molar-refractivity contribution in [1.82, 2.24) is 5.32 Å². The number of methoxy groups -OCH3 is 4. The van der Waals surface area contributed by atoms with E-state index in [0.29, 0.717) is 30.3 Å². The van der Waals surface area contributed by atoms with Crippen LogP contribution in [0.4, 0.5) is 0 Å². The zero-order chi connectivity index (χ0) is 24.3. The zero-order valence-electron chi connectivity index (χ0n) is 20.6. The minimum atomic E-state index is -0.673. The number of rotatable bonds is 14. The predicted molar refractivity (Wildman–Crippen MR) is 129 cm³/mol. The quantitative estimate of drug-likeness (QED) is 0.417. The third-order valence-electron chi connectivity index (χ3n) is 5.90. The first-order valence-electron chi connectivity index (χ1n) is 11.1. The average Bonchev–Trinajstić information content (AvgIpc) is 2.85. The van der Waals surface area contributed by atoms with Crippen LogP contribution >= 0.6 is 0 Å². The van der Waals surface area contributed by atoms with Crippen LogP contribution < -0.4 is 29.0 Å². The van der Waals surface area contributed by atoms with Crippen molar-refractivity contribution in [3.8, 4) is 34.8 Å². The molecule has 0 bridgehead atoms. The van der Waals surface area contributed by atoms with Crippen LogP contribution in [0.1, 0.15) is 32.3 Å². The van der Waals surface area contributed by atoms with Crippen molar-refractivity contribution in [3.05, 3.63) is 42.0 Å². The highest BCUT2D eigenvalue weighted by Gasteiger charge is 2.37. The van der Waals surface area contributed by atoms with E-state index in [1.54, 1.807) is 28.4 Å². The van der Waals surface area contributed by atoms with Crippen molar-refractivity contribution < 1.29 is 23.7 Å². The van der Waals surface area contributed by atoms with Crippen LogP contribution in [0.2, 0.25) is 0 Å². The molecule has 0 aliphatic rings. The van der Waals surface area contributed by atoms with Gasteiger partial charge in [0.25, 0.3) is 0 Å². The van der Waals surface area contributed by atoms with Gasteiger partial charge in [-0.25, -0.2) is 0 Å². The third-order valence-corrected chi connectivity index (χ3v) is 5.90. The second kappa shape index (κ2) is 12.8. The number of ether oxygens (including phenoxy) is 5. The van der Waals surface area contributed by atoms with Gasteiger partial charge in [0.2, 0.25) is 5.75 Å². The Morgan fingerprint density at radius 3 is 1.97 bits per heavy atom. The second-order valence-corrected chi connectivity index (χ2v) is 8.03. The minimum Gasteiger partial charge on any atom is -0.497 e. The topological polar surface area (TPSA) is 82.0 Å². The first-order chi connectivity index (χ1) is 15.9. The van der Waals surface area contributed by atoms with E-state index in [9.17, 15) is 5.26 Å². The molecule has 0 aromatic heterocycles. The fraction of sp³-hybridized carbons (Fsp3) is 0.500. The van der Waals surface area contributed by atoms with E-state index in [2.05, 4.69) is 25.2 Å². The molecular formula is C26H36N2O5. The van der Waals surface area contributed by atoms with E-state index < -0.39 is 5.41 Å². The lowest BCUT2D eigenvalue weighted by atomic mass is 9.69. The lowest BCUT2D eigenvalue weighted by molar-refractivity contribution is 0.306. The highest BCUT2D eigenvalue weighted by molar-refractivity contribution is 5.56. The molecule has 0 radical (unpaired) electrons. The van der Waals surface area contributed by atoms with Crippen molar-refractivity contribution in [2.45, 2.75) is 32.1 Å². The molecule has 0 aliphatic heterocycles. The summed E-state index contributed by atoms with van der Waals surface area (Å²) in [6.07, 6.45) is 1.54. The minimum absolute atomic E-state index is 0.101. The number of nitriles is 1. The first-order valence-corrected chi connectivity index (χ1v) is 11.1. The van der Waals surface area contributed by atoms with Gasteiger partial charge in [-0.3, -0.25) is 0 Å². The van der Waals surface area contributed by atoms with Crippen LogP contribution in [-0.2, 0) is 5.41 Å². The Morgan fingerprint density at radius 2 is 1.48 bits per heavy atom. The van der Waals surface area contributed by atoms with Gasteiger partial charge < -0.3 is 29.0 Å². The Balaban J connectivity index is 1.97. The van der Waals surface area contributed by atoms with Gasteiger partial charge in [-0.05, 0) is 67.3 Å². The van der Waals surface area contributed by atoms with E-state index in [-0.39, 0.29) is 5.92 Å². The normalized spacial score (nSPS) is 12.5. The highest BCUT2D eigenvalue weighted by Crippen LogP contribution is 2.45. The maximum absolute atomic E-state index is 10.2. The van der Waals surface area contributed by atoms with E-state index in [0.717, 1.165) is 36.6 Å². The van der Waals surface area contributed by atoms with E-state index in [1.165, 1.54) is 0 Å². The van der Waals surface area contributed by atoms with Crippen LogP contribution in [0.25, 0.3) is 0 Å². The molecule has 1 atom stereocenters. The number of nitrogens with zero attached hydrogens (tertiary/aromatic N) is 1. The number of hydrogen-bond acceptors (Lipinski definition) is 7. The van der Waals surface area contributed by atoms with Crippen molar-refractivity contribution >= 4 is 0 Å². The van der Waals surface area contributed by atoms with Crippen molar-refractivity contribution in [3.63, 3.8) is 0 Å². The first kappa shape index (κ1) is 26.1. The van der Waals surface area contributed by atoms with Crippen LogP contribution in [0.3, 0.4) is 0 Å². The van der Waals surface area contributed by atoms with Crippen LogP contribution in [0.5, 0.6) is 28.7 Å². The second-order valence-electron chi connectivity index (χ2n) is 8.03. The van der Waals surface area contributed by atoms with E-state index in [4.69, 9.17) is 23.7 Å². The summed E-state index contributed by atoms with van der Waals surface area (Å²) in [5.41, 5.74) is 0.200. The molecule has 180 valence electrons. The van der Waals surface area contributed by atoms with Gasteiger partial charge in [0.1, 0.15) is 18.1 Å². The summed E-state index contributed by atoms with van der Waals surface area (Å²) in [5.74, 6) is 3.35. The monoisotopic (exact) mass is 456 g/mol. The summed E-state index contributed by atoms with van der Waals surface area (Å²) >= 11 is 0. The Labute approximate surface area is 197 Å². The molecule has 1 N–H and O–H groups in total. The summed E-state index contributed by atoms with van der Waals surface area (Å²) in [6, 6.07) is 13.9. The van der Waals surface area contributed by atoms with Crippen LogP contribution in [0, 0.1) is 17.2 Å². The number of nitrogens with one attached hydrogen (secondary N) is 1. The Kier molecular flexibility index (Phi) is 10.1. The molecule has 1 unspecified atom stereocenters. The van der Waals surface area contributed by atoms with Gasteiger partial charge in [0.05, 0.1) is 39.9 Å². The summed E-state index contributed by atoms with van der Waals surface area (Å²) in [7, 11) is 6.39. The van der Waals surface area contributed by atoms with Gasteiger partial charge in [-0.1, -0.05) is 13.8 Å². The highest BCUT2D eigenvalue weighted by atomic mass is 16.5. The average molecular weight is 457 g/mol. The molecule has 2 aromatic carbocycles. The summed E-state index contributed by atoms with van der Waals surface area (Å²) in [5, 5.41) is 13.6. The van der Waals surface area contributed by atoms with Crippen LogP contribution in [0.15, 0.2) is 36.4 Å². The van der Waals surface area contributed by atoms with E-state index in [1.807, 2.05) is 36.4 Å². The SMILES string of the molecule is COc1ccc(OCCNCCCC(C#N)(c2cc(OC)c(OC)c(OC)c2)C(C)C)cc1. The van der Waals surface area contributed by atoms with Gasteiger partial charge >= 0.3 is 0 Å². The molecule has 2 rings (SSSR count). The molecule has 2 aromatic rings. The van der Waals surface area contributed by atoms with Gasteiger partial charge in [0.15, 0.2) is 11.5 Å². The third kappa shape index (κ3) is 6.45. The molecule has 7 nitrogen and oxygen atoms in total. The largest absolute Gasteiger partial charge is 0.497 e. The van der Waals surface area contributed by atoms with Gasteiger partial charge in [0, 0.05) is 6.54 Å². The summed E-state index contributed by atoms with van der Waals surface area (Å²) < 4.78 is 27.4. The standard InChI is InChI=1S/C26H36N2O5/c1-19(2)26(18-27,20-16-23(30-4)25(32-6)24(17-20)31-5)12-7-13-28-14-15-33-22-10-8-21(29-3)9-11-22/h8-11,16-17,19,28H,7,12-15H2,1-6H3. The molecule has 0 fully saturated rings. The molecule has 7 heteroatoms. The maximum atomic E-state index is 10.2. The smallest absolute Gasteiger partial charge is 0.203 e. The molecule has 0 saturated heterocycles. The Morgan fingerprint density at radius 1 is 0.879 bits per heavy atom. The predicted octanol–water partition coefficient (Wildman–Crippen LogP) is 4.59. The molecule has 0 amide bonds. The maximum Gasteiger partial charge on any atom is 0.203 e. The van der Waals surface area contributed by atoms with Crippen molar-refractivity contribution in [1.29, 1.82) is 5.26 Å². The number of benzene rings is 2. The number of hydrogen-bond donors (Lipinski definition) is 1. The molecule has 33 heavy (non-hydrogen) atoms. The van der Waals surface area contributed by atoms with E-state index >= 15 is 0 Å². The molecule has 0 aliphatic carbocycles. The lowest BCUT2D eigenvalue weighted by Gasteiger charge is -2.32. The van der Waals surface area contributed by atoms with Crippen molar-refractivity contribution in [2.24, 2.45) is 5.92 Å². The molecule has 0 saturated carbocycles. The summed E-state index contributed by atoms with van der Waals surface area (Å²) in [6.45, 7) is 6.21. The Bertz CT molecular complexity index is 883. The Hall–Kier alpha value is -3.11. The van der Waals surface area contributed by atoms with Crippen molar-refractivity contribution in [2.75, 3.05) is 48.1 Å². The van der Waals surface area contributed by atoms with Gasteiger partial charge in [-0.15, -0.1) is 0 Å². The van der Waals surface area contributed by atoms with Gasteiger partial charge in [-0.2, -0.15) is 5.26 Å². The summed E-state index contributed by atoms with van der Waals surface area (Å²) in [4.78, 5) is 0. The fourth-order valence-corrected chi connectivity index (χ4v) is 3.88. The molecular weight excluding hydrogens is 420 g/mol. The van der Waals surface area contributed by atoms with Crippen LogP contribution in [-0.4, -0.2) is 48.1 Å². The fourth-order valence-electron chi connectivity index (χ4n) is 3.88.